The van der Waals surface area contributed by atoms with Crippen LogP contribution in [0.15, 0.2) is 97.5 Å². The van der Waals surface area contributed by atoms with Gasteiger partial charge in [0.1, 0.15) is 23.1 Å². The Morgan fingerprint density at radius 2 is 1.50 bits per heavy atom. The van der Waals surface area contributed by atoms with Crippen LogP contribution in [0.2, 0.25) is 0 Å². The molecule has 10 nitrogen and oxygen atoms in total. The van der Waals surface area contributed by atoms with Crippen LogP contribution in [-0.2, 0) is 7.05 Å². The third-order valence-corrected chi connectivity index (χ3v) is 7.63. The van der Waals surface area contributed by atoms with Gasteiger partial charge in [0.25, 0.3) is 11.8 Å². The number of rotatable bonds is 8. The van der Waals surface area contributed by atoms with Crippen LogP contribution in [0.1, 0.15) is 27.1 Å². The van der Waals surface area contributed by atoms with Crippen molar-refractivity contribution in [3.05, 3.63) is 109 Å². The van der Waals surface area contributed by atoms with Gasteiger partial charge in [-0.05, 0) is 72.1 Å². The molecule has 0 spiro atoms. The van der Waals surface area contributed by atoms with Crippen LogP contribution >= 0.6 is 0 Å². The van der Waals surface area contributed by atoms with Gasteiger partial charge in [0.05, 0.1) is 18.9 Å². The Kier molecular flexibility index (Phi) is 7.96. The van der Waals surface area contributed by atoms with E-state index in [1.54, 1.807) is 35.2 Å². The Labute approximate surface area is 255 Å². The summed E-state index contributed by atoms with van der Waals surface area (Å²) in [5, 5.41) is 7.20. The minimum atomic E-state index is -0.315. The van der Waals surface area contributed by atoms with Gasteiger partial charge >= 0.3 is 0 Å². The van der Waals surface area contributed by atoms with Crippen molar-refractivity contribution in [1.29, 1.82) is 0 Å². The van der Waals surface area contributed by atoms with Crippen molar-refractivity contribution in [3.63, 3.8) is 0 Å². The highest BCUT2D eigenvalue weighted by Gasteiger charge is 2.29. The summed E-state index contributed by atoms with van der Waals surface area (Å²) < 4.78 is 12.8. The summed E-state index contributed by atoms with van der Waals surface area (Å²) in [7, 11) is 3.45. The van der Waals surface area contributed by atoms with Gasteiger partial charge in [-0.15, -0.1) is 0 Å². The number of ether oxygens (including phenoxy) is 2. The van der Waals surface area contributed by atoms with Gasteiger partial charge in [-0.25, -0.2) is 4.98 Å². The largest absolute Gasteiger partial charge is 0.497 e. The number of carbonyl (C=O) groups is 2. The van der Waals surface area contributed by atoms with Crippen LogP contribution in [0.4, 0.5) is 5.82 Å². The van der Waals surface area contributed by atoms with E-state index in [4.69, 9.17) is 15.2 Å². The second-order valence-corrected chi connectivity index (χ2v) is 10.6. The minimum absolute atomic E-state index is 0.0729. The smallest absolute Gasteiger partial charge is 0.255 e. The first-order valence-electron chi connectivity index (χ1n) is 14.2. The molecule has 0 radical (unpaired) electrons. The van der Waals surface area contributed by atoms with Crippen molar-refractivity contribution >= 4 is 17.6 Å². The minimum Gasteiger partial charge on any atom is -0.497 e. The number of nitrogen functional groups attached to an aromatic ring is 1. The lowest BCUT2D eigenvalue weighted by molar-refractivity contribution is 0.0783. The van der Waals surface area contributed by atoms with Gasteiger partial charge in [-0.1, -0.05) is 24.3 Å². The van der Waals surface area contributed by atoms with Crippen LogP contribution in [0, 0.1) is 0 Å². The number of aryl methyl sites for hydroxylation is 1. The fourth-order valence-corrected chi connectivity index (χ4v) is 5.19. The van der Waals surface area contributed by atoms with Crippen molar-refractivity contribution in [2.45, 2.75) is 12.5 Å². The number of methoxy groups -OCH3 is 1. The SMILES string of the molecule is COc1ccc(Oc2ccc(-c3ccc(C(=O)N4CC[C@@H](NC(=O)c5cc(-c6cnn(C)c6)cnc5N)C4)cc3)cc2)cc1. The zero-order valence-electron chi connectivity index (χ0n) is 24.4. The zero-order valence-corrected chi connectivity index (χ0v) is 24.4. The molecule has 1 aliphatic rings. The average Bonchev–Trinajstić information content (AvgIpc) is 3.71. The Bertz CT molecular complexity index is 1780. The second-order valence-electron chi connectivity index (χ2n) is 10.6. The van der Waals surface area contributed by atoms with Crippen LogP contribution in [0.3, 0.4) is 0 Å². The molecule has 1 atom stereocenters. The standard InChI is InChI=1S/C34H32N6O4/c1-39-20-26(19-37-39)25-17-31(32(35)36-18-25)33(41)38-27-15-16-40(21-27)34(42)24-5-3-22(4-6-24)23-7-9-29(10-8-23)44-30-13-11-28(43-2)12-14-30/h3-14,17-20,27H,15-16,21H2,1-2H3,(H2,35,36)(H,38,41)/t27-/m1/s1. The number of anilines is 1. The first-order chi connectivity index (χ1) is 21.4. The number of carbonyl (C=O) groups excluding carboxylic acids is 2. The molecule has 2 amide bonds. The van der Waals surface area contributed by atoms with Crippen LogP contribution in [-0.4, -0.2) is 57.7 Å². The van der Waals surface area contributed by atoms with Crippen molar-refractivity contribution in [2.75, 3.05) is 25.9 Å². The van der Waals surface area contributed by atoms with E-state index in [9.17, 15) is 9.59 Å². The molecular formula is C34H32N6O4. The fourth-order valence-electron chi connectivity index (χ4n) is 5.19. The predicted octanol–water partition coefficient (Wildman–Crippen LogP) is 5.18. The number of hydrogen-bond acceptors (Lipinski definition) is 7. The maximum Gasteiger partial charge on any atom is 0.255 e. The number of amides is 2. The Morgan fingerprint density at radius 1 is 0.864 bits per heavy atom. The van der Waals surface area contributed by atoms with Crippen molar-refractivity contribution in [1.82, 2.24) is 25.0 Å². The molecule has 3 N–H and O–H groups in total. The number of nitrogens with one attached hydrogen (secondary N) is 1. The predicted molar refractivity (Wildman–Crippen MR) is 168 cm³/mol. The summed E-state index contributed by atoms with van der Waals surface area (Å²) in [5.41, 5.74) is 10.5. The van der Waals surface area contributed by atoms with E-state index in [1.807, 2.05) is 86.0 Å². The fraction of sp³-hybridized carbons (Fsp3) is 0.176. The Hall–Kier alpha value is -5.64. The number of aromatic nitrogens is 3. The number of nitrogens with zero attached hydrogens (tertiary/aromatic N) is 4. The second kappa shape index (κ2) is 12.3. The van der Waals surface area contributed by atoms with E-state index in [1.165, 1.54) is 0 Å². The molecule has 1 fully saturated rings. The molecule has 1 aliphatic heterocycles. The van der Waals surface area contributed by atoms with E-state index in [0.717, 1.165) is 39.5 Å². The van der Waals surface area contributed by atoms with Crippen LogP contribution in [0.5, 0.6) is 17.2 Å². The topological polar surface area (TPSA) is 125 Å². The van der Waals surface area contributed by atoms with Crippen LogP contribution in [0.25, 0.3) is 22.3 Å². The highest BCUT2D eigenvalue weighted by atomic mass is 16.5. The highest BCUT2D eigenvalue weighted by molar-refractivity contribution is 6.00. The molecule has 0 bridgehead atoms. The van der Waals surface area contributed by atoms with Gasteiger partial charge < -0.3 is 25.4 Å². The van der Waals surface area contributed by atoms with Gasteiger partial charge in [0, 0.05) is 55.3 Å². The van der Waals surface area contributed by atoms with Crippen molar-refractivity contribution in [2.24, 2.45) is 7.05 Å². The molecule has 5 aromatic rings. The Balaban J connectivity index is 1.05. The lowest BCUT2D eigenvalue weighted by Gasteiger charge is -2.18. The first kappa shape index (κ1) is 28.5. The van der Waals surface area contributed by atoms with Crippen molar-refractivity contribution in [3.8, 4) is 39.5 Å². The average molecular weight is 589 g/mol. The lowest BCUT2D eigenvalue weighted by atomic mass is 10.0. The molecule has 0 aliphatic carbocycles. The molecule has 10 heteroatoms. The first-order valence-corrected chi connectivity index (χ1v) is 14.2. The molecule has 44 heavy (non-hydrogen) atoms. The summed E-state index contributed by atoms with van der Waals surface area (Å²) in [4.78, 5) is 32.3. The molecule has 3 aromatic carbocycles. The van der Waals surface area contributed by atoms with E-state index in [2.05, 4.69) is 15.4 Å². The number of benzene rings is 3. The molecule has 0 unspecified atom stereocenters. The number of pyridine rings is 1. The zero-order chi connectivity index (χ0) is 30.6. The quantitative estimate of drug-likeness (QED) is 0.256. The number of likely N-dealkylation sites (tertiary alicyclic amines) is 1. The molecule has 1 saturated heterocycles. The van der Waals surface area contributed by atoms with E-state index < -0.39 is 0 Å². The van der Waals surface area contributed by atoms with Gasteiger partial charge in [-0.3, -0.25) is 14.3 Å². The summed E-state index contributed by atoms with van der Waals surface area (Å²) >= 11 is 0. The Morgan fingerprint density at radius 3 is 2.14 bits per heavy atom. The molecule has 222 valence electrons. The summed E-state index contributed by atoms with van der Waals surface area (Å²) in [6.07, 6.45) is 5.82. The maximum atomic E-state index is 13.3. The summed E-state index contributed by atoms with van der Waals surface area (Å²) in [6.45, 7) is 0.961. The van der Waals surface area contributed by atoms with E-state index >= 15 is 0 Å². The van der Waals surface area contributed by atoms with E-state index in [-0.39, 0.29) is 23.7 Å². The third-order valence-electron chi connectivity index (χ3n) is 7.63. The monoisotopic (exact) mass is 588 g/mol. The summed E-state index contributed by atoms with van der Waals surface area (Å²) in [5.74, 6) is 1.98. The number of hydrogen-bond donors (Lipinski definition) is 2. The van der Waals surface area contributed by atoms with Gasteiger partial charge in [-0.2, -0.15) is 5.10 Å². The maximum absolute atomic E-state index is 13.3. The normalized spacial score (nSPS) is 14.3. The highest BCUT2D eigenvalue weighted by Crippen LogP contribution is 2.28. The number of nitrogens with two attached hydrogens (primary N) is 1. The summed E-state index contributed by atoms with van der Waals surface area (Å²) in [6, 6.07) is 24.3. The van der Waals surface area contributed by atoms with Crippen molar-refractivity contribution < 1.29 is 19.1 Å². The third kappa shape index (κ3) is 6.24. The lowest BCUT2D eigenvalue weighted by Crippen LogP contribution is -2.38. The molecular weight excluding hydrogens is 556 g/mol. The van der Waals surface area contributed by atoms with Gasteiger partial charge in [0.15, 0.2) is 0 Å². The van der Waals surface area contributed by atoms with Gasteiger partial charge in [0.2, 0.25) is 0 Å². The molecule has 2 aromatic heterocycles. The molecule has 6 rings (SSSR count). The molecule has 3 heterocycles. The van der Waals surface area contributed by atoms with Crippen LogP contribution < -0.4 is 20.5 Å². The molecule has 0 saturated carbocycles. The van der Waals surface area contributed by atoms with E-state index in [0.29, 0.717) is 30.6 Å².